The molecule has 2 aromatic heterocycles. The molecular formula is C31H32FN3O3. The molecule has 0 aliphatic heterocycles. The molecule has 3 aromatic carbocycles. The lowest BCUT2D eigenvalue weighted by atomic mass is 9.94. The predicted octanol–water partition coefficient (Wildman–Crippen LogP) is 7.27. The summed E-state index contributed by atoms with van der Waals surface area (Å²) < 4.78 is 23.0. The molecule has 0 saturated heterocycles. The fourth-order valence-corrected chi connectivity index (χ4v) is 5.16. The summed E-state index contributed by atoms with van der Waals surface area (Å²) in [4.78, 5) is 12.9. The number of fused-ring (bicyclic) bond motifs is 2. The smallest absolute Gasteiger partial charge is 0.435 e. The van der Waals surface area contributed by atoms with Gasteiger partial charge in [-0.2, -0.15) is 9.78 Å². The van der Waals surface area contributed by atoms with Crippen LogP contribution in [0, 0.1) is 12.7 Å². The molecule has 0 fully saturated rings. The van der Waals surface area contributed by atoms with Gasteiger partial charge in [0.05, 0.1) is 17.2 Å². The van der Waals surface area contributed by atoms with Crippen molar-refractivity contribution in [2.45, 2.75) is 52.1 Å². The number of benzene rings is 3. The number of aryl methyl sites for hydroxylation is 1. The van der Waals surface area contributed by atoms with Crippen molar-refractivity contribution in [3.05, 3.63) is 95.6 Å². The molecule has 1 unspecified atom stereocenters. The van der Waals surface area contributed by atoms with Crippen molar-refractivity contribution in [3.63, 3.8) is 0 Å². The summed E-state index contributed by atoms with van der Waals surface area (Å²) in [7, 11) is 0. The first-order valence-electron chi connectivity index (χ1n) is 13.1. The largest absolute Gasteiger partial charge is 0.443 e. The van der Waals surface area contributed by atoms with Crippen molar-refractivity contribution < 1.29 is 19.0 Å². The minimum Gasteiger partial charge on any atom is -0.443 e. The molecule has 1 N–H and O–H groups in total. The summed E-state index contributed by atoms with van der Waals surface area (Å²) in [6.07, 6.45) is 4.79. The van der Waals surface area contributed by atoms with Gasteiger partial charge in [0.15, 0.2) is 0 Å². The molecular weight excluding hydrogens is 481 g/mol. The molecule has 5 rings (SSSR count). The van der Waals surface area contributed by atoms with Crippen LogP contribution in [-0.2, 0) is 11.3 Å². The van der Waals surface area contributed by atoms with Gasteiger partial charge in [0.2, 0.25) is 0 Å². The second kappa shape index (κ2) is 11.2. The Labute approximate surface area is 221 Å². The zero-order chi connectivity index (χ0) is 26.6. The number of carbonyl (C=O) groups excluding carboxylic acids is 1. The molecule has 0 amide bonds. The minimum atomic E-state index is -0.543. The highest BCUT2D eigenvalue weighted by Gasteiger charge is 2.22. The zero-order valence-corrected chi connectivity index (χ0v) is 21.7. The molecule has 5 aromatic rings. The number of aliphatic hydroxyl groups excluding tert-OH is 1. The second-order valence-corrected chi connectivity index (χ2v) is 9.75. The van der Waals surface area contributed by atoms with Crippen LogP contribution in [0.15, 0.2) is 72.9 Å². The summed E-state index contributed by atoms with van der Waals surface area (Å²) in [6.45, 7) is 4.31. The summed E-state index contributed by atoms with van der Waals surface area (Å²) in [6, 6.07) is 20.4. The van der Waals surface area contributed by atoms with Crippen molar-refractivity contribution in [1.29, 1.82) is 0 Å². The third-order valence-corrected chi connectivity index (χ3v) is 7.10. The van der Waals surface area contributed by atoms with Gasteiger partial charge in [-0.15, -0.1) is 0 Å². The van der Waals surface area contributed by atoms with E-state index in [1.807, 2.05) is 49.4 Å². The van der Waals surface area contributed by atoms with Gasteiger partial charge in [0.25, 0.3) is 0 Å². The van der Waals surface area contributed by atoms with Crippen molar-refractivity contribution in [1.82, 2.24) is 14.3 Å². The van der Waals surface area contributed by atoms with Crippen LogP contribution >= 0.6 is 0 Å². The summed E-state index contributed by atoms with van der Waals surface area (Å²) in [5.74, 6) is -0.146. The van der Waals surface area contributed by atoms with Crippen LogP contribution in [0.3, 0.4) is 0 Å². The van der Waals surface area contributed by atoms with E-state index in [1.54, 1.807) is 12.3 Å². The van der Waals surface area contributed by atoms with E-state index in [4.69, 9.17) is 4.74 Å². The third kappa shape index (κ3) is 5.07. The number of hydrogen-bond acceptors (Lipinski definition) is 4. The van der Waals surface area contributed by atoms with E-state index in [9.17, 15) is 14.3 Å². The molecule has 6 nitrogen and oxygen atoms in total. The Bertz CT molecular complexity index is 1570. The van der Waals surface area contributed by atoms with Gasteiger partial charge in [-0.1, -0.05) is 50.1 Å². The molecule has 2 heterocycles. The number of aliphatic hydroxyl groups is 1. The van der Waals surface area contributed by atoms with E-state index in [0.717, 1.165) is 58.1 Å². The summed E-state index contributed by atoms with van der Waals surface area (Å²) in [5.41, 5.74) is 5.28. The van der Waals surface area contributed by atoms with Crippen LogP contribution < -0.4 is 0 Å². The fourth-order valence-electron chi connectivity index (χ4n) is 5.16. The van der Waals surface area contributed by atoms with Crippen molar-refractivity contribution in [2.24, 2.45) is 0 Å². The lowest BCUT2D eigenvalue weighted by Crippen LogP contribution is -2.14. The van der Waals surface area contributed by atoms with Crippen LogP contribution in [0.2, 0.25) is 0 Å². The van der Waals surface area contributed by atoms with E-state index in [1.165, 1.54) is 16.8 Å². The second-order valence-electron chi connectivity index (χ2n) is 9.75. The van der Waals surface area contributed by atoms with E-state index < -0.39 is 6.09 Å². The van der Waals surface area contributed by atoms with Crippen LogP contribution in [0.1, 0.15) is 55.3 Å². The maximum atomic E-state index is 14.0. The Morgan fingerprint density at radius 3 is 2.55 bits per heavy atom. The first-order valence-corrected chi connectivity index (χ1v) is 13.1. The average Bonchev–Trinajstić information content (AvgIpc) is 3.50. The predicted molar refractivity (Wildman–Crippen MR) is 147 cm³/mol. The molecule has 0 saturated carbocycles. The first kappa shape index (κ1) is 25.7. The normalized spacial score (nSPS) is 12.3. The molecule has 196 valence electrons. The number of ether oxygens (including phenoxy) is 1. The van der Waals surface area contributed by atoms with E-state index in [0.29, 0.717) is 11.9 Å². The zero-order valence-electron chi connectivity index (χ0n) is 21.7. The molecule has 7 heteroatoms. The molecule has 38 heavy (non-hydrogen) atoms. The van der Waals surface area contributed by atoms with Crippen LogP contribution in [-0.4, -0.2) is 32.2 Å². The van der Waals surface area contributed by atoms with Crippen LogP contribution in [0.5, 0.6) is 0 Å². The third-order valence-electron chi connectivity index (χ3n) is 7.10. The number of nitrogens with zero attached hydrogens (tertiary/aromatic N) is 3. The highest BCUT2D eigenvalue weighted by molar-refractivity contribution is 5.99. The Balaban J connectivity index is 1.61. The van der Waals surface area contributed by atoms with Gasteiger partial charge in [0.1, 0.15) is 12.4 Å². The standard InChI is InChI=1S/C31H32FN3O3/c1-3-4-10-23(13-14-36)28-16-24-17-30-25(18-29(24)34(28)27-12-11-26(32)15-21(27)2)19-33-35(30)31(37)38-20-22-8-6-5-7-9-22/h5-9,11-12,15-19,23,36H,3-4,10,13-14,20H2,1-2H3. The van der Waals surface area contributed by atoms with Crippen molar-refractivity contribution >= 4 is 27.9 Å². The van der Waals surface area contributed by atoms with Gasteiger partial charge in [-0.3, -0.25) is 0 Å². The number of halogens is 1. The summed E-state index contributed by atoms with van der Waals surface area (Å²) in [5, 5.41) is 15.9. The molecule has 0 aliphatic rings. The van der Waals surface area contributed by atoms with E-state index in [-0.39, 0.29) is 24.9 Å². The average molecular weight is 514 g/mol. The van der Waals surface area contributed by atoms with E-state index in [2.05, 4.69) is 22.7 Å². The SMILES string of the molecule is CCCCC(CCO)c1cc2cc3c(cnn3C(=O)OCc3ccccc3)cc2n1-c1ccc(F)cc1C. The number of carbonyl (C=O) groups is 1. The molecule has 1 atom stereocenters. The topological polar surface area (TPSA) is 69.3 Å². The lowest BCUT2D eigenvalue weighted by Gasteiger charge is -2.21. The number of aromatic nitrogens is 3. The summed E-state index contributed by atoms with van der Waals surface area (Å²) >= 11 is 0. The highest BCUT2D eigenvalue weighted by Crippen LogP contribution is 2.36. The molecule has 0 aliphatic carbocycles. The van der Waals surface area contributed by atoms with E-state index >= 15 is 0 Å². The quantitative estimate of drug-likeness (QED) is 0.225. The fraction of sp³-hybridized carbons (Fsp3) is 0.290. The number of hydrogen-bond donors (Lipinski definition) is 1. The van der Waals surface area contributed by atoms with Crippen molar-refractivity contribution in [3.8, 4) is 5.69 Å². The number of unbranched alkanes of at least 4 members (excludes halogenated alkanes) is 1. The molecule has 0 bridgehead atoms. The first-order chi connectivity index (χ1) is 18.5. The van der Waals surface area contributed by atoms with Crippen molar-refractivity contribution in [2.75, 3.05) is 6.61 Å². The molecule has 0 radical (unpaired) electrons. The Kier molecular flexibility index (Phi) is 7.56. The van der Waals surface area contributed by atoms with Crippen LogP contribution in [0.25, 0.3) is 27.5 Å². The minimum absolute atomic E-state index is 0.0858. The maximum absolute atomic E-state index is 14.0. The van der Waals surface area contributed by atoms with Gasteiger partial charge < -0.3 is 14.4 Å². The van der Waals surface area contributed by atoms with Gasteiger partial charge >= 0.3 is 6.09 Å². The monoisotopic (exact) mass is 513 g/mol. The van der Waals surface area contributed by atoms with Gasteiger partial charge in [-0.25, -0.2) is 9.18 Å². The highest BCUT2D eigenvalue weighted by atomic mass is 19.1. The molecule has 0 spiro atoms. The maximum Gasteiger partial charge on any atom is 0.435 e. The number of rotatable bonds is 9. The Hall–Kier alpha value is -3.97. The lowest BCUT2D eigenvalue weighted by molar-refractivity contribution is 0.139. The van der Waals surface area contributed by atoms with Gasteiger partial charge in [0, 0.05) is 34.7 Å². The Morgan fingerprint density at radius 1 is 1.03 bits per heavy atom. The Morgan fingerprint density at radius 2 is 1.82 bits per heavy atom. The van der Waals surface area contributed by atoms with Crippen LogP contribution in [0.4, 0.5) is 9.18 Å². The van der Waals surface area contributed by atoms with Gasteiger partial charge in [-0.05, 0) is 67.3 Å².